The van der Waals surface area contributed by atoms with Crippen LogP contribution in [0.3, 0.4) is 0 Å². The minimum absolute atomic E-state index is 0.0397. The highest BCUT2D eigenvalue weighted by atomic mass is 32.2. The summed E-state index contributed by atoms with van der Waals surface area (Å²) in [6.45, 7) is 5.74. The van der Waals surface area contributed by atoms with Crippen LogP contribution in [0.15, 0.2) is 60.7 Å². The molecule has 4 heteroatoms. The predicted molar refractivity (Wildman–Crippen MR) is 95.6 cm³/mol. The molecule has 0 heterocycles. The molecule has 1 unspecified atom stereocenters. The van der Waals surface area contributed by atoms with Gasteiger partial charge in [0.15, 0.2) is 5.78 Å². The summed E-state index contributed by atoms with van der Waals surface area (Å²) in [5.41, 5.74) is 1.64. The molecule has 2 aromatic carbocycles. The number of benzene rings is 2. The van der Waals surface area contributed by atoms with E-state index in [9.17, 15) is 9.00 Å². The molecule has 0 aromatic heterocycles. The van der Waals surface area contributed by atoms with Crippen LogP contribution in [0.25, 0.3) is 0 Å². The molecule has 0 aliphatic rings. The molecule has 0 aliphatic heterocycles. The Bertz CT molecular complexity index is 663. The molecule has 0 spiro atoms. The van der Waals surface area contributed by atoms with Crippen molar-refractivity contribution in [2.75, 3.05) is 0 Å². The number of nitrogens with one attached hydrogen (secondary N) is 1. The predicted octanol–water partition coefficient (Wildman–Crippen LogP) is 4.05. The zero-order valence-corrected chi connectivity index (χ0v) is 14.6. The first kappa shape index (κ1) is 17.6. The van der Waals surface area contributed by atoms with E-state index in [0.29, 0.717) is 5.56 Å². The molecule has 122 valence electrons. The maximum absolute atomic E-state index is 12.5. The van der Waals surface area contributed by atoms with E-state index in [2.05, 4.69) is 4.72 Å². The normalized spacial score (nSPS) is 14.2. The molecule has 0 fully saturated rings. The van der Waals surface area contributed by atoms with Crippen LogP contribution in [-0.4, -0.2) is 14.7 Å². The van der Waals surface area contributed by atoms with Crippen LogP contribution in [0.5, 0.6) is 0 Å². The van der Waals surface area contributed by atoms with Crippen molar-refractivity contribution in [3.05, 3.63) is 71.8 Å². The molecule has 3 nitrogen and oxygen atoms in total. The lowest BCUT2D eigenvalue weighted by Crippen LogP contribution is -2.36. The number of carbonyl (C=O) groups is 1. The molecular formula is C19H23NO2S. The van der Waals surface area contributed by atoms with Crippen LogP contribution < -0.4 is 4.72 Å². The number of rotatable bonds is 6. The Labute approximate surface area is 140 Å². The van der Waals surface area contributed by atoms with Gasteiger partial charge in [-0.15, -0.1) is 0 Å². The van der Waals surface area contributed by atoms with Gasteiger partial charge in [0, 0.05) is 12.0 Å². The van der Waals surface area contributed by atoms with Crippen LogP contribution in [0.4, 0.5) is 0 Å². The third-order valence-corrected chi connectivity index (χ3v) is 5.10. The van der Waals surface area contributed by atoms with Crippen molar-refractivity contribution in [3.63, 3.8) is 0 Å². The summed E-state index contributed by atoms with van der Waals surface area (Å²) in [4.78, 5) is 12.5. The molecule has 2 aromatic rings. The summed E-state index contributed by atoms with van der Waals surface area (Å²) in [6, 6.07) is 18.6. The number of hydrogen-bond acceptors (Lipinski definition) is 2. The van der Waals surface area contributed by atoms with Gasteiger partial charge in [0.25, 0.3) is 0 Å². The van der Waals surface area contributed by atoms with Gasteiger partial charge in [0.1, 0.15) is 0 Å². The van der Waals surface area contributed by atoms with Gasteiger partial charge < -0.3 is 0 Å². The van der Waals surface area contributed by atoms with Gasteiger partial charge >= 0.3 is 0 Å². The average molecular weight is 329 g/mol. The van der Waals surface area contributed by atoms with Crippen molar-refractivity contribution >= 4 is 16.8 Å². The molecule has 0 saturated carbocycles. The Hall–Kier alpha value is -1.78. The van der Waals surface area contributed by atoms with Gasteiger partial charge in [-0.2, -0.15) is 0 Å². The maximum atomic E-state index is 12.5. The van der Waals surface area contributed by atoms with E-state index < -0.39 is 11.0 Å². The van der Waals surface area contributed by atoms with E-state index in [1.54, 1.807) is 0 Å². The van der Waals surface area contributed by atoms with Gasteiger partial charge in [-0.3, -0.25) is 4.79 Å². The summed E-state index contributed by atoms with van der Waals surface area (Å²) in [5.74, 6) is 0.0397. The fourth-order valence-corrected chi connectivity index (χ4v) is 2.98. The zero-order chi connectivity index (χ0) is 16.9. The summed E-state index contributed by atoms with van der Waals surface area (Å²) >= 11 is 0. The number of hydrogen-bond donors (Lipinski definition) is 1. The summed E-state index contributed by atoms with van der Waals surface area (Å²) < 4.78 is 15.2. The molecule has 0 amide bonds. The monoisotopic (exact) mass is 329 g/mol. The maximum Gasteiger partial charge on any atom is 0.164 e. The lowest BCUT2D eigenvalue weighted by atomic mass is 9.99. The third kappa shape index (κ3) is 5.12. The smallest absolute Gasteiger partial charge is 0.164 e. The van der Waals surface area contributed by atoms with Crippen molar-refractivity contribution in [3.8, 4) is 0 Å². The Morgan fingerprint density at radius 3 is 2.04 bits per heavy atom. The van der Waals surface area contributed by atoms with E-state index in [4.69, 9.17) is 0 Å². The first-order valence-corrected chi connectivity index (χ1v) is 8.84. The minimum atomic E-state index is -1.24. The van der Waals surface area contributed by atoms with E-state index in [1.807, 2.05) is 81.4 Å². The fraction of sp³-hybridized carbons (Fsp3) is 0.316. The summed E-state index contributed by atoms with van der Waals surface area (Å²) in [7, 11) is -1.24. The first-order chi connectivity index (χ1) is 10.9. The molecule has 0 saturated heterocycles. The van der Waals surface area contributed by atoms with Crippen molar-refractivity contribution < 1.29 is 9.00 Å². The third-order valence-electron chi connectivity index (χ3n) is 3.49. The molecule has 23 heavy (non-hydrogen) atoms. The van der Waals surface area contributed by atoms with E-state index >= 15 is 0 Å². The van der Waals surface area contributed by atoms with E-state index in [1.165, 1.54) is 0 Å². The summed E-state index contributed by atoms with van der Waals surface area (Å²) in [6.07, 6.45) is 0.274. The Kier molecular flexibility index (Phi) is 5.85. The van der Waals surface area contributed by atoms with Gasteiger partial charge in [0.2, 0.25) is 0 Å². The van der Waals surface area contributed by atoms with E-state index in [0.717, 1.165) is 5.56 Å². The van der Waals surface area contributed by atoms with Crippen molar-refractivity contribution in [2.45, 2.75) is 38.0 Å². The van der Waals surface area contributed by atoms with Crippen molar-refractivity contribution in [2.24, 2.45) is 0 Å². The second-order valence-corrected chi connectivity index (χ2v) is 8.45. The molecule has 2 rings (SSSR count). The van der Waals surface area contributed by atoms with Crippen LogP contribution in [0.2, 0.25) is 0 Å². The lowest BCUT2D eigenvalue weighted by molar-refractivity contribution is 0.0972. The second kappa shape index (κ2) is 7.66. The molecule has 0 bridgehead atoms. The number of carbonyl (C=O) groups excluding carboxylic acids is 1. The lowest BCUT2D eigenvalue weighted by Gasteiger charge is -2.24. The fourth-order valence-electron chi connectivity index (χ4n) is 2.15. The SMILES string of the molecule is CC(C)(C)S(=O)N[C@H](CC(=O)c1ccccc1)c1ccccc1. The topological polar surface area (TPSA) is 46.2 Å². The van der Waals surface area contributed by atoms with Crippen LogP contribution in [0, 0.1) is 0 Å². The van der Waals surface area contributed by atoms with Crippen LogP contribution in [0.1, 0.15) is 49.2 Å². The molecule has 2 atom stereocenters. The highest BCUT2D eigenvalue weighted by Crippen LogP contribution is 2.22. The Morgan fingerprint density at radius 2 is 1.52 bits per heavy atom. The highest BCUT2D eigenvalue weighted by Gasteiger charge is 2.25. The molecule has 0 aliphatic carbocycles. The molecule has 1 N–H and O–H groups in total. The van der Waals surface area contributed by atoms with Gasteiger partial charge in [-0.25, -0.2) is 8.93 Å². The Balaban J connectivity index is 2.21. The number of Topliss-reactive ketones (excluding diaryl/α,β-unsaturated/α-hetero) is 1. The van der Waals surface area contributed by atoms with Crippen LogP contribution >= 0.6 is 0 Å². The van der Waals surface area contributed by atoms with Gasteiger partial charge in [-0.1, -0.05) is 60.7 Å². The van der Waals surface area contributed by atoms with Crippen molar-refractivity contribution in [1.29, 1.82) is 0 Å². The highest BCUT2D eigenvalue weighted by molar-refractivity contribution is 7.84. The van der Waals surface area contributed by atoms with Crippen LogP contribution in [-0.2, 0) is 11.0 Å². The van der Waals surface area contributed by atoms with Crippen molar-refractivity contribution in [1.82, 2.24) is 4.72 Å². The Morgan fingerprint density at radius 1 is 1.00 bits per heavy atom. The number of ketones is 1. The first-order valence-electron chi connectivity index (χ1n) is 7.69. The summed E-state index contributed by atoms with van der Waals surface area (Å²) in [5, 5.41) is 0. The largest absolute Gasteiger partial charge is 0.294 e. The van der Waals surface area contributed by atoms with E-state index in [-0.39, 0.29) is 23.0 Å². The standard InChI is InChI=1S/C19H23NO2S/c1-19(2,3)23(22)20-17(15-10-6-4-7-11-15)14-18(21)16-12-8-5-9-13-16/h4-13,17,20H,14H2,1-3H3/t17-,23?/m1/s1. The molecule has 0 radical (unpaired) electrons. The second-order valence-electron chi connectivity index (χ2n) is 6.46. The zero-order valence-electron chi connectivity index (χ0n) is 13.8. The average Bonchev–Trinajstić information content (AvgIpc) is 2.55. The molecular weight excluding hydrogens is 306 g/mol. The quantitative estimate of drug-likeness (QED) is 0.813. The van der Waals surface area contributed by atoms with Gasteiger partial charge in [-0.05, 0) is 26.3 Å². The minimum Gasteiger partial charge on any atom is -0.294 e. The van der Waals surface area contributed by atoms with Gasteiger partial charge in [0.05, 0.1) is 21.8 Å².